The molecule has 0 amide bonds. The van der Waals surface area contributed by atoms with Crippen molar-refractivity contribution < 1.29 is 9.13 Å². The van der Waals surface area contributed by atoms with Gasteiger partial charge in [-0.2, -0.15) is 0 Å². The molecule has 1 unspecified atom stereocenters. The zero-order valence-corrected chi connectivity index (χ0v) is 15.9. The Bertz CT molecular complexity index is 1060. The summed E-state index contributed by atoms with van der Waals surface area (Å²) in [5, 5.41) is 8.25. The van der Waals surface area contributed by atoms with Crippen molar-refractivity contribution in [3.63, 3.8) is 0 Å². The number of nitrogens with zero attached hydrogens (tertiary/aromatic N) is 7. The van der Waals surface area contributed by atoms with E-state index in [1.54, 1.807) is 31.5 Å². The second-order valence-electron chi connectivity index (χ2n) is 6.58. The lowest BCUT2D eigenvalue weighted by Gasteiger charge is -2.15. The Morgan fingerprint density at radius 2 is 2.00 bits per heavy atom. The first kappa shape index (κ1) is 19.2. The van der Waals surface area contributed by atoms with E-state index >= 15 is 0 Å². The van der Waals surface area contributed by atoms with Crippen LogP contribution in [0, 0.1) is 0 Å². The third-order valence-corrected chi connectivity index (χ3v) is 4.08. The normalized spacial score (nSPS) is 12.3. The van der Waals surface area contributed by atoms with E-state index in [0.29, 0.717) is 22.9 Å². The van der Waals surface area contributed by atoms with E-state index in [1.807, 2.05) is 0 Å². The van der Waals surface area contributed by atoms with E-state index in [0.717, 1.165) is 10.9 Å². The smallest absolute Gasteiger partial charge is 0.222 e. The second kappa shape index (κ2) is 7.61. The first-order chi connectivity index (χ1) is 13.3. The number of aromatic nitrogens is 4. The van der Waals surface area contributed by atoms with Crippen molar-refractivity contribution in [2.24, 2.45) is 5.11 Å². The fourth-order valence-corrected chi connectivity index (χ4v) is 2.68. The maximum atomic E-state index is 14.1. The number of ether oxygens (including phenoxy) is 1. The predicted molar refractivity (Wildman–Crippen MR) is 103 cm³/mol. The largest absolute Gasteiger partial charge is 0.481 e. The van der Waals surface area contributed by atoms with Crippen molar-refractivity contribution in [2.75, 3.05) is 12.4 Å². The van der Waals surface area contributed by atoms with Gasteiger partial charge in [0.15, 0.2) is 11.5 Å². The van der Waals surface area contributed by atoms with E-state index in [-0.39, 0.29) is 5.82 Å². The SMILES string of the molecule is COc1ncc(C(C)N=[N+]=[N-])c2cc(Nc3ccnc(C(C)(C)F)n3)ncc12. The molecule has 3 aromatic rings. The van der Waals surface area contributed by atoms with Crippen LogP contribution in [0.5, 0.6) is 5.88 Å². The number of anilines is 2. The highest BCUT2D eigenvalue weighted by Crippen LogP contribution is 2.32. The molecule has 144 valence electrons. The van der Waals surface area contributed by atoms with Crippen LogP contribution in [0.3, 0.4) is 0 Å². The third kappa shape index (κ3) is 3.91. The predicted octanol–water partition coefficient (Wildman–Crippen LogP) is 4.75. The molecule has 0 aliphatic heterocycles. The summed E-state index contributed by atoms with van der Waals surface area (Å²) >= 11 is 0. The molecule has 0 bridgehead atoms. The minimum absolute atomic E-state index is 0.0711. The van der Waals surface area contributed by atoms with E-state index in [9.17, 15) is 4.39 Å². The monoisotopic (exact) mass is 382 g/mol. The number of hydrogen-bond acceptors (Lipinski definition) is 7. The number of alkyl halides is 1. The number of rotatable bonds is 6. The van der Waals surface area contributed by atoms with Gasteiger partial charge >= 0.3 is 0 Å². The lowest BCUT2D eigenvalue weighted by molar-refractivity contribution is 0.206. The number of methoxy groups -OCH3 is 1. The van der Waals surface area contributed by atoms with Gasteiger partial charge in [-0.1, -0.05) is 12.0 Å². The molecule has 0 aliphatic rings. The molecule has 0 saturated carbocycles. The molecule has 10 heteroatoms. The molecule has 3 heterocycles. The van der Waals surface area contributed by atoms with Crippen LogP contribution in [0.2, 0.25) is 0 Å². The molecule has 0 aliphatic carbocycles. The van der Waals surface area contributed by atoms with E-state index in [4.69, 9.17) is 10.3 Å². The van der Waals surface area contributed by atoms with Crippen LogP contribution < -0.4 is 10.1 Å². The highest BCUT2D eigenvalue weighted by atomic mass is 19.1. The number of pyridine rings is 2. The van der Waals surface area contributed by atoms with Crippen molar-refractivity contribution in [1.29, 1.82) is 0 Å². The first-order valence-corrected chi connectivity index (χ1v) is 8.49. The standard InChI is InChI=1S/C18H19FN8O/c1-10(26-27-20)12-8-23-16(28-4)13-9-22-15(7-11(12)13)24-14-5-6-21-17(25-14)18(2,3)19/h5-10H,1-4H3,(H,21,22,24,25). The van der Waals surface area contributed by atoms with Crippen LogP contribution in [0.1, 0.15) is 38.2 Å². The Kier molecular flexibility index (Phi) is 5.23. The van der Waals surface area contributed by atoms with E-state index in [1.165, 1.54) is 27.2 Å². The van der Waals surface area contributed by atoms with Gasteiger partial charge in [0.25, 0.3) is 0 Å². The minimum Gasteiger partial charge on any atom is -0.481 e. The average molecular weight is 382 g/mol. The lowest BCUT2D eigenvalue weighted by Crippen LogP contribution is -2.14. The van der Waals surface area contributed by atoms with Gasteiger partial charge in [0, 0.05) is 23.5 Å². The maximum Gasteiger partial charge on any atom is 0.222 e. The summed E-state index contributed by atoms with van der Waals surface area (Å²) in [5.41, 5.74) is 7.82. The molecule has 9 nitrogen and oxygen atoms in total. The van der Waals surface area contributed by atoms with Crippen LogP contribution in [-0.4, -0.2) is 27.0 Å². The van der Waals surface area contributed by atoms with Crippen LogP contribution in [0.25, 0.3) is 21.2 Å². The van der Waals surface area contributed by atoms with Crippen LogP contribution in [0.4, 0.5) is 16.0 Å². The van der Waals surface area contributed by atoms with Crippen molar-refractivity contribution >= 4 is 22.4 Å². The Balaban J connectivity index is 2.06. The molecule has 28 heavy (non-hydrogen) atoms. The summed E-state index contributed by atoms with van der Waals surface area (Å²) in [6.45, 7) is 4.56. The van der Waals surface area contributed by atoms with Crippen LogP contribution in [0.15, 0.2) is 35.8 Å². The zero-order valence-electron chi connectivity index (χ0n) is 15.9. The molecule has 3 aromatic heterocycles. The van der Waals surface area contributed by atoms with Gasteiger partial charge in [0.2, 0.25) is 5.88 Å². The Morgan fingerprint density at radius 3 is 2.68 bits per heavy atom. The summed E-state index contributed by atoms with van der Waals surface area (Å²) in [6.07, 6.45) is 4.70. The summed E-state index contributed by atoms with van der Waals surface area (Å²) in [6, 6.07) is 2.97. The van der Waals surface area contributed by atoms with Crippen molar-refractivity contribution in [3.05, 3.63) is 52.6 Å². The van der Waals surface area contributed by atoms with Gasteiger partial charge in [-0.15, -0.1) is 0 Å². The number of azide groups is 1. The quantitative estimate of drug-likeness (QED) is 0.373. The average Bonchev–Trinajstić information content (AvgIpc) is 2.66. The zero-order chi connectivity index (χ0) is 20.3. The van der Waals surface area contributed by atoms with Crippen LogP contribution in [-0.2, 0) is 5.67 Å². The minimum atomic E-state index is -1.66. The molecular weight excluding hydrogens is 363 g/mol. The van der Waals surface area contributed by atoms with Gasteiger partial charge in [0.1, 0.15) is 11.6 Å². The van der Waals surface area contributed by atoms with Crippen molar-refractivity contribution in [2.45, 2.75) is 32.5 Å². The molecule has 1 atom stereocenters. The van der Waals surface area contributed by atoms with Crippen molar-refractivity contribution in [3.8, 4) is 5.88 Å². The lowest BCUT2D eigenvalue weighted by atomic mass is 10.0. The Morgan fingerprint density at radius 1 is 1.21 bits per heavy atom. The molecule has 0 radical (unpaired) electrons. The molecule has 0 aromatic carbocycles. The summed E-state index contributed by atoms with van der Waals surface area (Å²) < 4.78 is 19.4. The molecule has 0 fully saturated rings. The van der Waals surface area contributed by atoms with Crippen LogP contribution >= 0.6 is 0 Å². The van der Waals surface area contributed by atoms with Gasteiger partial charge in [-0.3, -0.25) is 0 Å². The van der Waals surface area contributed by atoms with Crippen molar-refractivity contribution in [1.82, 2.24) is 19.9 Å². The first-order valence-electron chi connectivity index (χ1n) is 8.49. The molecule has 0 saturated heterocycles. The van der Waals surface area contributed by atoms with Gasteiger partial charge in [-0.05, 0) is 42.5 Å². The second-order valence-corrected chi connectivity index (χ2v) is 6.58. The number of nitrogens with one attached hydrogen (secondary N) is 1. The van der Waals surface area contributed by atoms with Gasteiger partial charge in [0.05, 0.1) is 18.5 Å². The molecule has 0 spiro atoms. The summed E-state index contributed by atoms with van der Waals surface area (Å²) in [7, 11) is 1.52. The highest BCUT2D eigenvalue weighted by Gasteiger charge is 2.22. The van der Waals surface area contributed by atoms with Gasteiger partial charge in [-0.25, -0.2) is 24.3 Å². The Hall–Kier alpha value is -3.52. The Labute approximate surface area is 160 Å². The summed E-state index contributed by atoms with van der Waals surface area (Å²) in [5.74, 6) is 1.38. The maximum absolute atomic E-state index is 14.1. The van der Waals surface area contributed by atoms with E-state index in [2.05, 4.69) is 35.3 Å². The highest BCUT2D eigenvalue weighted by molar-refractivity contribution is 5.91. The van der Waals surface area contributed by atoms with E-state index < -0.39 is 11.7 Å². The van der Waals surface area contributed by atoms with Gasteiger partial charge < -0.3 is 10.1 Å². The molecule has 3 rings (SSSR count). The third-order valence-electron chi connectivity index (χ3n) is 4.08. The fourth-order valence-electron chi connectivity index (χ4n) is 2.68. The number of fused-ring (bicyclic) bond motifs is 1. The summed E-state index contributed by atoms with van der Waals surface area (Å²) in [4.78, 5) is 19.6. The number of hydrogen-bond donors (Lipinski definition) is 1. The molecular formula is C18H19FN8O. The number of halogens is 1. The topological polar surface area (TPSA) is 122 Å². The fraction of sp³-hybridized carbons (Fsp3) is 0.333. The molecule has 1 N–H and O–H groups in total.